The number of halogens is 1. The first-order chi connectivity index (χ1) is 17.5. The Kier molecular flexibility index (Phi) is 7.41. The largest absolute Gasteiger partial charge is 0.486 e. The Labute approximate surface area is 214 Å². The maximum atomic E-state index is 12.2. The lowest BCUT2D eigenvalue weighted by Crippen LogP contribution is -2.36. The number of morpholine rings is 1. The first-order valence-electron chi connectivity index (χ1n) is 11.8. The van der Waals surface area contributed by atoms with Crippen LogP contribution in [0.25, 0.3) is 17.2 Å². The Balaban J connectivity index is 1.17. The SMILES string of the molecule is Nc1ccc(/C=C/C(=O)NCC2Cc3cc(-c4cnc(CN5CCOCC5)nc4)cc(Cl)c3O2)cn1. The standard InChI is InChI=1S/C26H27ClN6O3/c27-22-11-18(20-13-30-24(31-14-20)16-33-5-7-35-8-6-33)9-19-10-21(36-26(19)22)15-32-25(34)4-2-17-1-3-23(28)29-12-17/h1-4,9,11-14,21H,5-8,10,15-16H2,(H2,28,29)(H,32,34)/b4-2+. The van der Waals surface area contributed by atoms with Gasteiger partial charge >= 0.3 is 0 Å². The van der Waals surface area contributed by atoms with Crippen molar-refractivity contribution in [3.8, 4) is 16.9 Å². The number of carbonyl (C=O) groups excluding carboxylic acids is 1. The minimum absolute atomic E-state index is 0.199. The molecule has 1 unspecified atom stereocenters. The van der Waals surface area contributed by atoms with Gasteiger partial charge in [0, 0.05) is 55.3 Å². The van der Waals surface area contributed by atoms with Crippen molar-refractivity contribution in [3.05, 3.63) is 70.9 Å². The van der Waals surface area contributed by atoms with Crippen molar-refractivity contribution in [2.24, 2.45) is 0 Å². The van der Waals surface area contributed by atoms with Gasteiger partial charge < -0.3 is 20.5 Å². The molecule has 0 radical (unpaired) electrons. The highest BCUT2D eigenvalue weighted by molar-refractivity contribution is 6.32. The summed E-state index contributed by atoms with van der Waals surface area (Å²) in [6, 6.07) is 7.40. The molecule has 0 spiro atoms. The Hall–Kier alpha value is -3.53. The molecule has 9 nitrogen and oxygen atoms in total. The average Bonchev–Trinajstić information content (AvgIpc) is 3.32. The van der Waals surface area contributed by atoms with Crippen LogP contribution in [0.2, 0.25) is 5.02 Å². The number of carbonyl (C=O) groups is 1. The van der Waals surface area contributed by atoms with E-state index in [9.17, 15) is 4.79 Å². The number of hydrogen-bond donors (Lipinski definition) is 2. The van der Waals surface area contributed by atoms with E-state index in [1.165, 1.54) is 6.08 Å². The zero-order valence-electron chi connectivity index (χ0n) is 19.7. The van der Waals surface area contributed by atoms with Crippen LogP contribution < -0.4 is 15.8 Å². The number of ether oxygens (including phenoxy) is 2. The van der Waals surface area contributed by atoms with Crippen LogP contribution in [0.4, 0.5) is 5.82 Å². The Bertz CT molecular complexity index is 1240. The smallest absolute Gasteiger partial charge is 0.244 e. The predicted molar refractivity (Wildman–Crippen MR) is 137 cm³/mol. The minimum atomic E-state index is -0.215. The first-order valence-corrected chi connectivity index (χ1v) is 12.2. The Morgan fingerprint density at radius 2 is 1.94 bits per heavy atom. The van der Waals surface area contributed by atoms with Crippen molar-refractivity contribution in [2.75, 3.05) is 38.6 Å². The Morgan fingerprint density at radius 1 is 1.14 bits per heavy atom. The third kappa shape index (κ3) is 5.99. The van der Waals surface area contributed by atoms with Crippen molar-refractivity contribution in [3.63, 3.8) is 0 Å². The number of pyridine rings is 1. The number of nitrogen functional groups attached to an aromatic ring is 1. The number of nitrogens with one attached hydrogen (secondary N) is 1. The van der Waals surface area contributed by atoms with Crippen LogP contribution in [0.1, 0.15) is 17.0 Å². The lowest BCUT2D eigenvalue weighted by atomic mass is 10.0. The molecule has 5 rings (SSSR count). The molecule has 1 fully saturated rings. The molecule has 10 heteroatoms. The van der Waals surface area contributed by atoms with Crippen molar-refractivity contribution in [1.82, 2.24) is 25.2 Å². The molecule has 0 bridgehead atoms. The van der Waals surface area contributed by atoms with Crippen LogP contribution in [0, 0.1) is 0 Å². The van der Waals surface area contributed by atoms with E-state index in [2.05, 4.69) is 31.2 Å². The number of fused-ring (bicyclic) bond motifs is 1. The number of aromatic nitrogens is 3. The number of nitrogens with zero attached hydrogens (tertiary/aromatic N) is 4. The topological polar surface area (TPSA) is 115 Å². The van der Waals surface area contributed by atoms with Crippen LogP contribution in [0.5, 0.6) is 5.75 Å². The van der Waals surface area contributed by atoms with Crippen molar-refractivity contribution in [1.29, 1.82) is 0 Å². The number of benzene rings is 1. The molecule has 0 saturated carbocycles. The molecule has 186 valence electrons. The lowest BCUT2D eigenvalue weighted by Gasteiger charge is -2.25. The molecule has 36 heavy (non-hydrogen) atoms. The fourth-order valence-electron chi connectivity index (χ4n) is 4.17. The monoisotopic (exact) mass is 506 g/mol. The van der Waals surface area contributed by atoms with Gasteiger partial charge in [-0.1, -0.05) is 11.6 Å². The highest BCUT2D eigenvalue weighted by atomic mass is 35.5. The van der Waals surface area contributed by atoms with Crippen molar-refractivity contribution >= 4 is 29.4 Å². The quantitative estimate of drug-likeness (QED) is 0.470. The van der Waals surface area contributed by atoms with Gasteiger partial charge in [-0.05, 0) is 41.5 Å². The van der Waals surface area contributed by atoms with Crippen LogP contribution in [0.3, 0.4) is 0 Å². The molecular formula is C26H27ClN6O3. The normalized spacial score (nSPS) is 17.6. The summed E-state index contributed by atoms with van der Waals surface area (Å²) in [4.78, 5) is 27.6. The molecular weight excluding hydrogens is 480 g/mol. The number of nitrogens with two attached hydrogens (primary N) is 1. The molecule has 2 aliphatic heterocycles. The van der Waals surface area contributed by atoms with Crippen LogP contribution in [-0.4, -0.2) is 64.7 Å². The molecule has 1 atom stereocenters. The molecule has 4 heterocycles. The summed E-state index contributed by atoms with van der Waals surface area (Å²) >= 11 is 6.54. The highest BCUT2D eigenvalue weighted by Gasteiger charge is 2.26. The highest BCUT2D eigenvalue weighted by Crippen LogP contribution is 2.39. The zero-order valence-corrected chi connectivity index (χ0v) is 20.4. The second-order valence-electron chi connectivity index (χ2n) is 8.76. The predicted octanol–water partition coefficient (Wildman–Crippen LogP) is 2.74. The maximum absolute atomic E-state index is 12.2. The second-order valence-corrected chi connectivity index (χ2v) is 9.17. The van der Waals surface area contributed by atoms with E-state index in [-0.39, 0.29) is 12.0 Å². The van der Waals surface area contributed by atoms with E-state index in [1.807, 2.05) is 18.5 Å². The molecule has 3 N–H and O–H groups in total. The summed E-state index contributed by atoms with van der Waals surface area (Å²) in [5.74, 6) is 1.67. The van der Waals surface area contributed by atoms with E-state index >= 15 is 0 Å². The second kappa shape index (κ2) is 11.0. The lowest BCUT2D eigenvalue weighted by molar-refractivity contribution is -0.116. The summed E-state index contributed by atoms with van der Waals surface area (Å²) in [6.07, 6.45) is 8.86. The van der Waals surface area contributed by atoms with Crippen LogP contribution >= 0.6 is 11.6 Å². The Morgan fingerprint density at radius 3 is 2.69 bits per heavy atom. The van der Waals surface area contributed by atoms with E-state index in [0.29, 0.717) is 36.1 Å². The van der Waals surface area contributed by atoms with Gasteiger partial charge in [0.1, 0.15) is 23.5 Å². The van der Waals surface area contributed by atoms with E-state index < -0.39 is 0 Å². The maximum Gasteiger partial charge on any atom is 0.244 e. The number of hydrogen-bond acceptors (Lipinski definition) is 8. The molecule has 2 aromatic heterocycles. The summed E-state index contributed by atoms with van der Waals surface area (Å²) in [5.41, 5.74) is 9.20. The van der Waals surface area contributed by atoms with Gasteiger partial charge in [-0.3, -0.25) is 9.69 Å². The minimum Gasteiger partial charge on any atom is -0.486 e. The summed E-state index contributed by atoms with van der Waals surface area (Å²) in [5, 5.41) is 3.41. The van der Waals surface area contributed by atoms with Gasteiger partial charge in [0.2, 0.25) is 5.91 Å². The number of rotatable bonds is 7. The number of anilines is 1. The fourth-order valence-corrected chi connectivity index (χ4v) is 4.46. The summed E-state index contributed by atoms with van der Waals surface area (Å²) in [7, 11) is 0. The molecule has 1 saturated heterocycles. The van der Waals surface area contributed by atoms with Gasteiger partial charge in [-0.15, -0.1) is 0 Å². The van der Waals surface area contributed by atoms with Gasteiger partial charge in [-0.2, -0.15) is 0 Å². The first kappa shape index (κ1) is 24.2. The van der Waals surface area contributed by atoms with Crippen LogP contribution in [-0.2, 0) is 22.5 Å². The van der Waals surface area contributed by atoms with Crippen molar-refractivity contribution < 1.29 is 14.3 Å². The molecule has 0 aliphatic carbocycles. The van der Waals surface area contributed by atoms with E-state index in [1.54, 1.807) is 24.4 Å². The van der Waals surface area contributed by atoms with Gasteiger partial charge in [-0.25, -0.2) is 15.0 Å². The molecule has 1 aromatic carbocycles. The third-order valence-electron chi connectivity index (χ3n) is 6.10. The summed E-state index contributed by atoms with van der Waals surface area (Å²) in [6.45, 7) is 4.35. The molecule has 1 amide bonds. The van der Waals surface area contributed by atoms with Gasteiger partial charge in [0.25, 0.3) is 0 Å². The molecule has 3 aromatic rings. The fraction of sp³-hybridized carbons (Fsp3) is 0.308. The van der Waals surface area contributed by atoms with Crippen LogP contribution in [0.15, 0.2) is 48.9 Å². The van der Waals surface area contributed by atoms with E-state index in [0.717, 1.165) is 54.4 Å². The van der Waals surface area contributed by atoms with E-state index in [4.69, 9.17) is 26.8 Å². The third-order valence-corrected chi connectivity index (χ3v) is 6.38. The van der Waals surface area contributed by atoms with Gasteiger partial charge in [0.05, 0.1) is 31.3 Å². The molecule has 2 aliphatic rings. The summed E-state index contributed by atoms with van der Waals surface area (Å²) < 4.78 is 11.4. The zero-order chi connectivity index (χ0) is 24.9. The average molecular weight is 507 g/mol. The van der Waals surface area contributed by atoms with Crippen molar-refractivity contribution in [2.45, 2.75) is 19.1 Å². The number of amides is 1. The van der Waals surface area contributed by atoms with Gasteiger partial charge in [0.15, 0.2) is 0 Å².